The summed E-state index contributed by atoms with van der Waals surface area (Å²) in [5, 5.41) is 27.3. The van der Waals surface area contributed by atoms with Gasteiger partial charge >= 0.3 is 12.1 Å². The van der Waals surface area contributed by atoms with Gasteiger partial charge in [-0.25, -0.2) is 9.88 Å². The summed E-state index contributed by atoms with van der Waals surface area (Å²) in [7, 11) is -4.11. The van der Waals surface area contributed by atoms with Gasteiger partial charge in [-0.2, -0.15) is 0 Å². The van der Waals surface area contributed by atoms with Gasteiger partial charge in [0.2, 0.25) is 0 Å². The molecular weight excluding hydrogens is 437 g/mol. The van der Waals surface area contributed by atoms with E-state index in [0.717, 1.165) is 5.56 Å². The Labute approximate surface area is 189 Å². The van der Waals surface area contributed by atoms with Gasteiger partial charge in [-0.3, -0.25) is 14.7 Å². The number of nitrogens with one attached hydrogen (secondary N) is 3. The van der Waals surface area contributed by atoms with Crippen molar-refractivity contribution >= 4 is 19.6 Å². The molecule has 32 heavy (non-hydrogen) atoms. The third-order valence-electron chi connectivity index (χ3n) is 4.50. The normalized spacial score (nSPS) is 16.2. The van der Waals surface area contributed by atoms with Crippen molar-refractivity contribution in [2.75, 3.05) is 6.29 Å². The van der Waals surface area contributed by atoms with E-state index in [1.165, 1.54) is 0 Å². The van der Waals surface area contributed by atoms with Crippen molar-refractivity contribution in [1.82, 2.24) is 15.7 Å². The van der Waals surface area contributed by atoms with E-state index in [0.29, 0.717) is 6.42 Å². The zero-order chi connectivity index (χ0) is 24.3. The number of ether oxygens (including phenoxy) is 1. The monoisotopic (exact) mass is 473 g/mol. The maximum absolute atomic E-state index is 12.6. The second kappa shape index (κ2) is 13.5. The molecule has 1 amide bonds. The van der Waals surface area contributed by atoms with Gasteiger partial charge in [-0.05, 0) is 30.2 Å². The highest BCUT2D eigenvalue weighted by atomic mass is 31.2. The fraction of sp³-hybridized carbons (Fsp3) is 0.619. The molecule has 1 aromatic rings. The molecule has 0 heterocycles. The van der Waals surface area contributed by atoms with Crippen molar-refractivity contribution in [3.05, 3.63) is 35.9 Å². The Bertz CT molecular complexity index is 761. The summed E-state index contributed by atoms with van der Waals surface area (Å²) < 4.78 is 17.6. The van der Waals surface area contributed by atoms with Gasteiger partial charge in [0.1, 0.15) is 25.2 Å². The van der Waals surface area contributed by atoms with Crippen LogP contribution in [-0.4, -0.2) is 51.8 Å². The van der Waals surface area contributed by atoms with Crippen molar-refractivity contribution in [2.24, 2.45) is 11.8 Å². The molecule has 0 saturated heterocycles. The molecule has 0 radical (unpaired) electrons. The number of carbonyl (C=O) groups excluding carboxylic acids is 1. The molecule has 0 fully saturated rings. The zero-order valence-electron chi connectivity index (χ0n) is 19.0. The quantitative estimate of drug-likeness (QED) is 0.176. The van der Waals surface area contributed by atoms with Crippen molar-refractivity contribution < 1.29 is 34.0 Å². The number of aliphatic hydroxyl groups is 1. The first-order chi connectivity index (χ1) is 14.9. The van der Waals surface area contributed by atoms with E-state index in [2.05, 4.69) is 15.7 Å². The van der Waals surface area contributed by atoms with Gasteiger partial charge < -0.3 is 25.2 Å². The molecule has 1 rings (SSSR count). The zero-order valence-corrected chi connectivity index (χ0v) is 19.9. The number of aliphatic hydroxyl groups excluding tert-OH is 1. The number of hydrogen-bond donors (Lipinski definition) is 6. The SMILES string of the molecule is CC(C)CC(NC(O)C(CC(C)C)NP(=O)(O)CNC(=O)OCc1ccccc1)C(=O)O. The molecule has 0 aliphatic heterocycles. The van der Waals surface area contributed by atoms with Crippen LogP contribution in [0.15, 0.2) is 30.3 Å². The maximum Gasteiger partial charge on any atom is 0.407 e. The van der Waals surface area contributed by atoms with E-state index < -0.39 is 44.2 Å². The van der Waals surface area contributed by atoms with Gasteiger partial charge in [-0.15, -0.1) is 0 Å². The van der Waals surface area contributed by atoms with Crippen LogP contribution in [0.25, 0.3) is 0 Å². The van der Waals surface area contributed by atoms with Crippen LogP contribution in [0.1, 0.15) is 46.1 Å². The highest BCUT2D eigenvalue weighted by Crippen LogP contribution is 2.35. The number of hydrogen-bond acceptors (Lipinski definition) is 6. The number of carboxylic acid groups (broad SMARTS) is 1. The minimum Gasteiger partial charge on any atom is -0.480 e. The summed E-state index contributed by atoms with van der Waals surface area (Å²) >= 11 is 0. The average molecular weight is 474 g/mol. The predicted octanol–water partition coefficient (Wildman–Crippen LogP) is 2.47. The van der Waals surface area contributed by atoms with Crippen LogP contribution in [0, 0.1) is 11.8 Å². The summed E-state index contributed by atoms with van der Waals surface area (Å²) in [5.74, 6) is -1.00. The van der Waals surface area contributed by atoms with Crippen LogP contribution >= 0.6 is 7.52 Å². The van der Waals surface area contributed by atoms with E-state index in [9.17, 15) is 29.3 Å². The standard InChI is InChI=1S/C21H36N3O7P/c1-14(2)10-17(19(25)23-18(20(26)27)11-15(3)4)24-32(29,30)13-22-21(28)31-12-16-8-6-5-7-9-16/h5-9,14-15,17-19,23,25H,10-13H2,1-4H3,(H,22,28)(H,26,27)(H2,24,29,30). The molecule has 1 aromatic carbocycles. The minimum atomic E-state index is -4.11. The van der Waals surface area contributed by atoms with Gasteiger partial charge in [-0.1, -0.05) is 58.0 Å². The number of aliphatic carboxylic acids is 1. The van der Waals surface area contributed by atoms with E-state index in [4.69, 9.17) is 4.74 Å². The number of rotatable bonds is 14. The number of carbonyl (C=O) groups is 2. The summed E-state index contributed by atoms with van der Waals surface area (Å²) in [4.78, 5) is 33.6. The second-order valence-electron chi connectivity index (χ2n) is 8.60. The van der Waals surface area contributed by atoms with E-state index in [1.54, 1.807) is 24.3 Å². The van der Waals surface area contributed by atoms with E-state index >= 15 is 0 Å². The Morgan fingerprint density at radius 3 is 2.19 bits per heavy atom. The topological polar surface area (TPSA) is 157 Å². The van der Waals surface area contributed by atoms with Crippen molar-refractivity contribution in [1.29, 1.82) is 0 Å². The van der Waals surface area contributed by atoms with Crippen molar-refractivity contribution in [3.63, 3.8) is 0 Å². The second-order valence-corrected chi connectivity index (χ2v) is 10.6. The van der Waals surface area contributed by atoms with E-state index in [1.807, 2.05) is 33.8 Å². The van der Waals surface area contributed by atoms with Crippen LogP contribution in [0.2, 0.25) is 0 Å². The lowest BCUT2D eigenvalue weighted by molar-refractivity contribution is -0.141. The summed E-state index contributed by atoms with van der Waals surface area (Å²) in [5.41, 5.74) is 0.772. The molecule has 10 nitrogen and oxygen atoms in total. The summed E-state index contributed by atoms with van der Waals surface area (Å²) in [6.07, 6.45) is -2.27. The highest BCUT2D eigenvalue weighted by Gasteiger charge is 2.32. The molecule has 4 atom stereocenters. The number of benzene rings is 1. The van der Waals surface area contributed by atoms with Crippen molar-refractivity contribution in [3.8, 4) is 0 Å². The first-order valence-electron chi connectivity index (χ1n) is 10.6. The summed E-state index contributed by atoms with van der Waals surface area (Å²) in [6.45, 7) is 7.47. The third-order valence-corrected chi connectivity index (χ3v) is 5.82. The largest absolute Gasteiger partial charge is 0.480 e. The Balaban J connectivity index is 2.67. The van der Waals surface area contributed by atoms with Gasteiger partial charge in [0.15, 0.2) is 0 Å². The Hall–Kier alpha value is -1.97. The molecule has 4 unspecified atom stereocenters. The number of carboxylic acids is 1. The Morgan fingerprint density at radius 1 is 1.06 bits per heavy atom. The molecule has 6 N–H and O–H groups in total. The van der Waals surface area contributed by atoms with Crippen LogP contribution in [0.4, 0.5) is 4.79 Å². The lowest BCUT2D eigenvalue weighted by atomic mass is 10.0. The smallest absolute Gasteiger partial charge is 0.407 e. The van der Waals surface area contributed by atoms with Crippen LogP contribution in [0.3, 0.4) is 0 Å². The molecule has 11 heteroatoms. The molecule has 0 aromatic heterocycles. The molecule has 0 spiro atoms. The molecule has 0 aliphatic carbocycles. The summed E-state index contributed by atoms with van der Waals surface area (Å²) in [6, 6.07) is 7.06. The lowest BCUT2D eigenvalue weighted by Gasteiger charge is -2.30. The first kappa shape index (κ1) is 28.1. The molecule has 0 saturated carbocycles. The van der Waals surface area contributed by atoms with Gasteiger partial charge in [0.05, 0.1) is 6.04 Å². The van der Waals surface area contributed by atoms with Crippen LogP contribution in [0.5, 0.6) is 0 Å². The predicted molar refractivity (Wildman–Crippen MR) is 121 cm³/mol. The third kappa shape index (κ3) is 11.6. The highest BCUT2D eigenvalue weighted by molar-refractivity contribution is 7.55. The fourth-order valence-electron chi connectivity index (χ4n) is 3.04. The molecule has 0 bridgehead atoms. The Kier molecular flexibility index (Phi) is 11.9. The minimum absolute atomic E-state index is 0.0148. The first-order valence-corrected chi connectivity index (χ1v) is 12.4. The average Bonchev–Trinajstić information content (AvgIpc) is 2.69. The van der Waals surface area contributed by atoms with Crippen LogP contribution in [-0.2, 0) is 20.7 Å². The lowest BCUT2D eigenvalue weighted by Crippen LogP contribution is -2.53. The molecule has 0 aliphatic rings. The maximum atomic E-state index is 12.6. The number of alkyl carbamates (subject to hydrolysis) is 1. The van der Waals surface area contributed by atoms with Gasteiger partial charge in [0.25, 0.3) is 7.52 Å². The number of amides is 1. The van der Waals surface area contributed by atoms with Crippen LogP contribution < -0.4 is 15.7 Å². The Morgan fingerprint density at radius 2 is 1.66 bits per heavy atom. The molecule has 182 valence electrons. The molecular formula is C21H36N3O7P. The van der Waals surface area contributed by atoms with Crippen molar-refractivity contribution in [2.45, 2.75) is 65.5 Å². The fourth-order valence-corrected chi connectivity index (χ4v) is 4.24. The van der Waals surface area contributed by atoms with Gasteiger partial charge in [0, 0.05) is 0 Å². The van der Waals surface area contributed by atoms with E-state index in [-0.39, 0.29) is 24.9 Å².